The molecule has 3 nitrogen and oxygen atoms in total. The number of hydrogen-bond acceptors (Lipinski definition) is 4. The van der Waals surface area contributed by atoms with Gasteiger partial charge in [-0.2, -0.15) is 0 Å². The molecule has 128 valence electrons. The van der Waals surface area contributed by atoms with E-state index in [1.165, 1.54) is 5.56 Å². The zero-order valence-corrected chi connectivity index (χ0v) is 15.3. The molecule has 1 aliphatic heterocycles. The number of thiazole rings is 1. The molecule has 0 N–H and O–H groups in total. The van der Waals surface area contributed by atoms with Crippen molar-refractivity contribution < 1.29 is 9.53 Å². The molecular weight excluding hydrogens is 330 g/mol. The fourth-order valence-electron chi connectivity index (χ4n) is 3.56. The SMILES string of the molecule is CCC(CC)c1ccc2c(c1)OC(=O)C(c1nc3ccccc3s1)C2. The van der Waals surface area contributed by atoms with Crippen LogP contribution in [-0.4, -0.2) is 11.0 Å². The van der Waals surface area contributed by atoms with Crippen molar-refractivity contribution in [3.8, 4) is 5.75 Å². The second-order valence-corrected chi connectivity index (χ2v) is 7.64. The molecule has 1 unspecified atom stereocenters. The highest BCUT2D eigenvalue weighted by Gasteiger charge is 2.32. The van der Waals surface area contributed by atoms with Gasteiger partial charge in [0.25, 0.3) is 0 Å². The fourth-order valence-corrected chi connectivity index (χ4v) is 4.61. The summed E-state index contributed by atoms with van der Waals surface area (Å²) < 4.78 is 6.81. The molecule has 2 heterocycles. The third kappa shape index (κ3) is 2.95. The fraction of sp³-hybridized carbons (Fsp3) is 0.333. The van der Waals surface area contributed by atoms with E-state index in [4.69, 9.17) is 4.74 Å². The monoisotopic (exact) mass is 351 g/mol. The summed E-state index contributed by atoms with van der Waals surface area (Å²) >= 11 is 1.59. The number of benzene rings is 2. The Balaban J connectivity index is 1.66. The minimum absolute atomic E-state index is 0.187. The lowest BCUT2D eigenvalue weighted by Gasteiger charge is -2.23. The first-order chi connectivity index (χ1) is 12.2. The first kappa shape index (κ1) is 16.3. The molecule has 1 aromatic heterocycles. The maximum Gasteiger partial charge on any atom is 0.321 e. The second-order valence-electron chi connectivity index (χ2n) is 6.58. The molecule has 0 radical (unpaired) electrons. The van der Waals surface area contributed by atoms with E-state index in [9.17, 15) is 4.79 Å². The zero-order valence-electron chi connectivity index (χ0n) is 14.5. The van der Waals surface area contributed by atoms with Gasteiger partial charge in [-0.1, -0.05) is 38.1 Å². The Kier molecular flexibility index (Phi) is 4.30. The number of hydrogen-bond donors (Lipinski definition) is 0. The lowest BCUT2D eigenvalue weighted by molar-refractivity contribution is -0.137. The van der Waals surface area contributed by atoms with Crippen molar-refractivity contribution in [1.29, 1.82) is 0 Å². The largest absolute Gasteiger partial charge is 0.426 e. The van der Waals surface area contributed by atoms with Crippen molar-refractivity contribution in [3.05, 3.63) is 58.6 Å². The second kappa shape index (κ2) is 6.60. The van der Waals surface area contributed by atoms with Crippen molar-refractivity contribution in [3.63, 3.8) is 0 Å². The number of carbonyl (C=O) groups is 1. The van der Waals surface area contributed by atoms with Crippen LogP contribution in [0, 0.1) is 0 Å². The van der Waals surface area contributed by atoms with Gasteiger partial charge in [-0.05, 0) is 54.5 Å². The van der Waals surface area contributed by atoms with Crippen molar-refractivity contribution >= 4 is 27.5 Å². The number of rotatable bonds is 4. The number of aromatic nitrogens is 1. The number of carbonyl (C=O) groups excluding carboxylic acids is 1. The van der Waals surface area contributed by atoms with Gasteiger partial charge in [-0.3, -0.25) is 4.79 Å². The minimum atomic E-state index is -0.302. The standard InChI is InChI=1S/C21H21NO2S/c1-3-13(4-2)14-9-10-15-11-16(21(23)24-18(15)12-14)20-22-17-7-5-6-8-19(17)25-20/h5-10,12-13,16H,3-4,11H2,1-2H3. The highest BCUT2D eigenvalue weighted by atomic mass is 32.1. The Morgan fingerprint density at radius 2 is 2.00 bits per heavy atom. The normalized spacial score (nSPS) is 16.9. The van der Waals surface area contributed by atoms with E-state index in [-0.39, 0.29) is 11.9 Å². The maximum absolute atomic E-state index is 12.6. The number of para-hydroxylation sites is 1. The molecule has 0 saturated carbocycles. The van der Waals surface area contributed by atoms with E-state index >= 15 is 0 Å². The third-order valence-corrected chi connectivity index (χ3v) is 6.23. The molecule has 0 aliphatic carbocycles. The van der Waals surface area contributed by atoms with E-state index in [1.54, 1.807) is 11.3 Å². The van der Waals surface area contributed by atoms with Gasteiger partial charge in [0.05, 0.1) is 10.2 Å². The average Bonchev–Trinajstić information content (AvgIpc) is 3.06. The maximum atomic E-state index is 12.6. The van der Waals surface area contributed by atoms with Crippen molar-refractivity contribution in [2.24, 2.45) is 0 Å². The Labute approximate surface area is 151 Å². The van der Waals surface area contributed by atoms with Crippen LogP contribution in [0.5, 0.6) is 5.75 Å². The van der Waals surface area contributed by atoms with Crippen molar-refractivity contribution in [1.82, 2.24) is 4.98 Å². The van der Waals surface area contributed by atoms with Gasteiger partial charge in [0.15, 0.2) is 0 Å². The molecule has 0 bridgehead atoms. The van der Waals surface area contributed by atoms with E-state index in [0.717, 1.165) is 39.4 Å². The van der Waals surface area contributed by atoms with Gasteiger partial charge in [-0.25, -0.2) is 4.98 Å². The number of esters is 1. The molecule has 0 amide bonds. The van der Waals surface area contributed by atoms with Gasteiger partial charge in [0.1, 0.15) is 16.7 Å². The Morgan fingerprint density at radius 3 is 2.76 bits per heavy atom. The lowest BCUT2D eigenvalue weighted by atomic mass is 9.90. The molecule has 3 aromatic rings. The van der Waals surface area contributed by atoms with Gasteiger partial charge in [0.2, 0.25) is 0 Å². The predicted molar refractivity (Wildman–Crippen MR) is 101 cm³/mol. The third-order valence-electron chi connectivity index (χ3n) is 5.08. The molecule has 1 atom stereocenters. The molecule has 25 heavy (non-hydrogen) atoms. The first-order valence-electron chi connectivity index (χ1n) is 8.89. The van der Waals surface area contributed by atoms with Crippen LogP contribution in [-0.2, 0) is 11.2 Å². The van der Waals surface area contributed by atoms with Gasteiger partial charge in [0, 0.05) is 0 Å². The molecule has 4 rings (SSSR count). The van der Waals surface area contributed by atoms with Gasteiger partial charge in [-0.15, -0.1) is 11.3 Å². The van der Waals surface area contributed by atoms with Crippen LogP contribution in [0.1, 0.15) is 54.7 Å². The Morgan fingerprint density at radius 1 is 1.20 bits per heavy atom. The van der Waals surface area contributed by atoms with Crippen LogP contribution in [0.25, 0.3) is 10.2 Å². The molecule has 0 saturated heterocycles. The predicted octanol–water partition coefficient (Wildman–Crippen LogP) is 5.45. The van der Waals surface area contributed by atoms with Crippen LogP contribution in [0.4, 0.5) is 0 Å². The van der Waals surface area contributed by atoms with E-state index in [0.29, 0.717) is 12.3 Å². The van der Waals surface area contributed by atoms with Crippen LogP contribution in [0.3, 0.4) is 0 Å². The van der Waals surface area contributed by atoms with Crippen LogP contribution in [0.2, 0.25) is 0 Å². The van der Waals surface area contributed by atoms with Crippen LogP contribution < -0.4 is 4.74 Å². The summed E-state index contributed by atoms with van der Waals surface area (Å²) in [6.07, 6.45) is 2.85. The molecule has 2 aromatic carbocycles. The number of nitrogens with zero attached hydrogens (tertiary/aromatic N) is 1. The van der Waals surface area contributed by atoms with Gasteiger partial charge < -0.3 is 4.74 Å². The Bertz CT molecular complexity index is 894. The van der Waals surface area contributed by atoms with Crippen LogP contribution in [0.15, 0.2) is 42.5 Å². The average molecular weight is 351 g/mol. The van der Waals surface area contributed by atoms with Gasteiger partial charge >= 0.3 is 5.97 Å². The molecule has 4 heteroatoms. The highest BCUT2D eigenvalue weighted by molar-refractivity contribution is 7.18. The van der Waals surface area contributed by atoms with Crippen LogP contribution >= 0.6 is 11.3 Å². The quantitative estimate of drug-likeness (QED) is 0.464. The topological polar surface area (TPSA) is 39.2 Å². The zero-order chi connectivity index (χ0) is 17.4. The summed E-state index contributed by atoms with van der Waals surface area (Å²) in [5.41, 5.74) is 3.30. The first-order valence-corrected chi connectivity index (χ1v) is 9.71. The summed E-state index contributed by atoms with van der Waals surface area (Å²) in [6.45, 7) is 4.39. The molecular formula is C21H21NO2S. The minimum Gasteiger partial charge on any atom is -0.426 e. The molecule has 0 fully saturated rings. The summed E-state index contributed by atoms with van der Waals surface area (Å²) in [5.74, 6) is 0.759. The van der Waals surface area contributed by atoms with Crippen molar-refractivity contribution in [2.75, 3.05) is 0 Å². The van der Waals surface area contributed by atoms with E-state index in [1.807, 2.05) is 24.3 Å². The summed E-state index contributed by atoms with van der Waals surface area (Å²) in [4.78, 5) is 17.2. The van der Waals surface area contributed by atoms with E-state index < -0.39 is 0 Å². The Hall–Kier alpha value is -2.20. The smallest absolute Gasteiger partial charge is 0.321 e. The van der Waals surface area contributed by atoms with Crippen molar-refractivity contribution in [2.45, 2.75) is 44.9 Å². The lowest BCUT2D eigenvalue weighted by Crippen LogP contribution is -2.26. The highest BCUT2D eigenvalue weighted by Crippen LogP contribution is 2.38. The molecule has 1 aliphatic rings. The summed E-state index contributed by atoms with van der Waals surface area (Å²) in [5, 5.41) is 0.848. The summed E-state index contributed by atoms with van der Waals surface area (Å²) in [6, 6.07) is 14.4. The summed E-state index contributed by atoms with van der Waals surface area (Å²) in [7, 11) is 0. The molecule has 0 spiro atoms. The van der Waals surface area contributed by atoms with E-state index in [2.05, 4.69) is 37.0 Å². The number of ether oxygens (including phenoxy) is 1. The number of fused-ring (bicyclic) bond motifs is 2.